The van der Waals surface area contributed by atoms with Gasteiger partial charge in [0, 0.05) is 61.0 Å². The number of aryl methyl sites for hydroxylation is 1. The molecule has 0 spiro atoms. The van der Waals surface area contributed by atoms with Crippen LogP contribution in [0.3, 0.4) is 0 Å². The van der Waals surface area contributed by atoms with E-state index in [1.807, 2.05) is 67.5 Å². The number of urea groups is 1. The Morgan fingerprint density at radius 2 is 1.92 bits per heavy atom. The van der Waals surface area contributed by atoms with Gasteiger partial charge in [0.25, 0.3) is 6.47 Å². The standard InChI is InChI=1S/C26H29N7O2.CH2O2/c1-16-13-33(17(2)12-27-16)26(34)30-22-10-19-21(11-23(22)35-4)28-15-29-25(19)20-14-32(3)31-24(20)18-8-6-5-7-9-18;2-1-3/h5-11,14-17,27H,12-13H2,1-4H3,(H,30,34);1H,(H,2,3)/t16-,17-;/m0./s1. The molecule has 198 valence electrons. The first-order valence-electron chi connectivity index (χ1n) is 12.2. The Morgan fingerprint density at radius 1 is 1.18 bits per heavy atom. The lowest BCUT2D eigenvalue weighted by molar-refractivity contribution is -0.122. The zero-order valence-corrected chi connectivity index (χ0v) is 21.8. The average molecular weight is 518 g/mol. The van der Waals surface area contributed by atoms with Gasteiger partial charge in [-0.2, -0.15) is 5.10 Å². The minimum absolute atomic E-state index is 0.0837. The molecule has 0 unspecified atom stereocenters. The summed E-state index contributed by atoms with van der Waals surface area (Å²) in [6, 6.07) is 13.9. The summed E-state index contributed by atoms with van der Waals surface area (Å²) in [6.45, 7) is 5.25. The summed E-state index contributed by atoms with van der Waals surface area (Å²) >= 11 is 0. The van der Waals surface area contributed by atoms with Gasteiger partial charge in [0.15, 0.2) is 0 Å². The predicted molar refractivity (Wildman–Crippen MR) is 145 cm³/mol. The highest BCUT2D eigenvalue weighted by molar-refractivity contribution is 6.01. The SMILES string of the molecule is COc1cc2ncnc(-c3cn(C)nc3-c3ccccc3)c2cc1NC(=O)N1C[C@H](C)NC[C@@H]1C.O=CO. The van der Waals surface area contributed by atoms with E-state index in [2.05, 4.69) is 27.5 Å². The number of carbonyl (C=O) groups is 2. The summed E-state index contributed by atoms with van der Waals surface area (Å²) in [5.41, 5.74) is 4.75. The molecule has 1 aliphatic heterocycles. The highest BCUT2D eigenvalue weighted by atomic mass is 16.5. The first-order valence-corrected chi connectivity index (χ1v) is 12.2. The van der Waals surface area contributed by atoms with Crippen molar-refractivity contribution in [1.82, 2.24) is 30.0 Å². The number of aromatic nitrogens is 4. The number of fused-ring (bicyclic) bond motifs is 1. The zero-order valence-electron chi connectivity index (χ0n) is 21.8. The van der Waals surface area contributed by atoms with Crippen molar-refractivity contribution in [2.24, 2.45) is 7.05 Å². The van der Waals surface area contributed by atoms with Gasteiger partial charge in [0.2, 0.25) is 0 Å². The molecule has 2 atom stereocenters. The Bertz CT molecular complexity index is 1420. The fourth-order valence-electron chi connectivity index (χ4n) is 4.53. The van der Waals surface area contributed by atoms with Crippen LogP contribution in [0.15, 0.2) is 55.0 Å². The van der Waals surface area contributed by atoms with Crippen molar-refractivity contribution in [2.45, 2.75) is 25.9 Å². The van der Waals surface area contributed by atoms with Crippen molar-refractivity contribution in [1.29, 1.82) is 0 Å². The predicted octanol–water partition coefficient (Wildman–Crippen LogP) is 3.62. The quantitative estimate of drug-likeness (QED) is 0.350. The Hall–Kier alpha value is -4.51. The van der Waals surface area contributed by atoms with Crippen molar-refractivity contribution in [3.05, 3.63) is 55.0 Å². The molecule has 11 heteroatoms. The lowest BCUT2D eigenvalue weighted by Crippen LogP contribution is -2.57. The highest BCUT2D eigenvalue weighted by Crippen LogP contribution is 2.37. The summed E-state index contributed by atoms with van der Waals surface area (Å²) in [5.74, 6) is 0.542. The van der Waals surface area contributed by atoms with Gasteiger partial charge in [-0.15, -0.1) is 0 Å². The fraction of sp³-hybridized carbons (Fsp3) is 0.296. The number of amides is 2. The molecule has 1 aliphatic rings. The highest BCUT2D eigenvalue weighted by Gasteiger charge is 2.27. The molecule has 0 aliphatic carbocycles. The van der Waals surface area contributed by atoms with Crippen molar-refractivity contribution >= 4 is 29.1 Å². The van der Waals surface area contributed by atoms with Crippen molar-refractivity contribution < 1.29 is 19.4 Å². The van der Waals surface area contributed by atoms with Crippen LogP contribution in [0.5, 0.6) is 5.75 Å². The molecule has 2 aromatic carbocycles. The smallest absolute Gasteiger partial charge is 0.322 e. The molecule has 1 saturated heterocycles. The van der Waals surface area contributed by atoms with Gasteiger partial charge < -0.3 is 25.4 Å². The van der Waals surface area contributed by atoms with E-state index in [0.29, 0.717) is 18.0 Å². The third-order valence-corrected chi connectivity index (χ3v) is 6.35. The van der Waals surface area contributed by atoms with Crippen molar-refractivity contribution in [3.63, 3.8) is 0 Å². The number of carbonyl (C=O) groups excluding carboxylic acids is 1. The topological polar surface area (TPSA) is 134 Å². The summed E-state index contributed by atoms with van der Waals surface area (Å²) in [5, 5.41) is 18.8. The molecule has 5 rings (SSSR count). The molecular formula is C27H31N7O4. The van der Waals surface area contributed by atoms with Gasteiger partial charge in [0.05, 0.1) is 24.0 Å². The molecule has 2 aromatic heterocycles. The van der Waals surface area contributed by atoms with Gasteiger partial charge in [0.1, 0.15) is 17.8 Å². The lowest BCUT2D eigenvalue weighted by atomic mass is 10.0. The molecule has 38 heavy (non-hydrogen) atoms. The van der Waals surface area contributed by atoms with Gasteiger partial charge in [-0.1, -0.05) is 30.3 Å². The van der Waals surface area contributed by atoms with E-state index in [-0.39, 0.29) is 24.6 Å². The van der Waals surface area contributed by atoms with E-state index < -0.39 is 0 Å². The minimum Gasteiger partial charge on any atom is -0.494 e. The molecule has 3 N–H and O–H groups in total. The molecule has 4 aromatic rings. The number of methoxy groups -OCH3 is 1. The number of rotatable bonds is 4. The monoisotopic (exact) mass is 517 g/mol. The van der Waals surface area contributed by atoms with Crippen LogP contribution in [0.2, 0.25) is 0 Å². The van der Waals surface area contributed by atoms with Gasteiger partial charge in [-0.05, 0) is 19.9 Å². The molecule has 1 fully saturated rings. The van der Waals surface area contributed by atoms with E-state index in [0.717, 1.165) is 40.0 Å². The second-order valence-corrected chi connectivity index (χ2v) is 9.07. The van der Waals surface area contributed by atoms with E-state index in [9.17, 15) is 4.79 Å². The van der Waals surface area contributed by atoms with Crippen molar-refractivity contribution in [3.8, 4) is 28.3 Å². The van der Waals surface area contributed by atoms with Crippen LogP contribution >= 0.6 is 0 Å². The Balaban J connectivity index is 0.00000107. The van der Waals surface area contributed by atoms with Crippen LogP contribution in [-0.4, -0.2) is 74.5 Å². The van der Waals surface area contributed by atoms with Gasteiger partial charge >= 0.3 is 6.03 Å². The Kier molecular flexibility index (Phi) is 8.17. The van der Waals surface area contributed by atoms with E-state index in [4.69, 9.17) is 19.7 Å². The molecule has 0 bridgehead atoms. The molecule has 0 saturated carbocycles. The largest absolute Gasteiger partial charge is 0.494 e. The van der Waals surface area contributed by atoms with Crippen LogP contribution in [0, 0.1) is 0 Å². The van der Waals surface area contributed by atoms with Gasteiger partial charge in [-0.25, -0.2) is 14.8 Å². The second-order valence-electron chi connectivity index (χ2n) is 9.07. The van der Waals surface area contributed by atoms with Crippen LogP contribution in [0.4, 0.5) is 10.5 Å². The Morgan fingerprint density at radius 3 is 2.63 bits per heavy atom. The molecule has 0 radical (unpaired) electrons. The first-order chi connectivity index (χ1) is 18.4. The maximum absolute atomic E-state index is 13.2. The number of hydrogen-bond acceptors (Lipinski definition) is 7. The number of hydrogen-bond donors (Lipinski definition) is 3. The molecule has 11 nitrogen and oxygen atoms in total. The summed E-state index contributed by atoms with van der Waals surface area (Å²) in [4.78, 5) is 32.5. The lowest BCUT2D eigenvalue weighted by Gasteiger charge is -2.37. The zero-order chi connectivity index (χ0) is 27.2. The number of anilines is 1. The number of nitrogens with zero attached hydrogens (tertiary/aromatic N) is 5. The maximum atomic E-state index is 13.2. The number of benzene rings is 2. The molecule has 3 heterocycles. The summed E-state index contributed by atoms with van der Waals surface area (Å²) < 4.78 is 7.39. The van der Waals surface area contributed by atoms with E-state index in [1.165, 1.54) is 0 Å². The number of ether oxygens (including phenoxy) is 1. The van der Waals surface area contributed by atoms with Crippen LogP contribution in [-0.2, 0) is 11.8 Å². The average Bonchev–Trinajstić information content (AvgIpc) is 3.31. The fourth-order valence-corrected chi connectivity index (χ4v) is 4.53. The third kappa shape index (κ3) is 5.57. The third-order valence-electron chi connectivity index (χ3n) is 6.35. The first kappa shape index (κ1) is 26.6. The number of piperazine rings is 1. The number of carboxylic acid groups (broad SMARTS) is 1. The second kappa shape index (κ2) is 11.7. The Labute approximate surface area is 220 Å². The van der Waals surface area contributed by atoms with E-state index >= 15 is 0 Å². The van der Waals surface area contributed by atoms with Crippen molar-refractivity contribution in [2.75, 3.05) is 25.5 Å². The summed E-state index contributed by atoms with van der Waals surface area (Å²) in [6.07, 6.45) is 3.50. The molecular weight excluding hydrogens is 486 g/mol. The van der Waals surface area contributed by atoms with Crippen LogP contribution in [0.1, 0.15) is 13.8 Å². The van der Waals surface area contributed by atoms with E-state index in [1.54, 1.807) is 18.1 Å². The van der Waals surface area contributed by atoms with Crippen LogP contribution < -0.4 is 15.4 Å². The number of nitrogens with one attached hydrogen (secondary N) is 2. The normalized spacial score (nSPS) is 16.9. The maximum Gasteiger partial charge on any atom is 0.322 e. The van der Waals surface area contributed by atoms with Gasteiger partial charge in [-0.3, -0.25) is 9.48 Å². The molecule has 2 amide bonds. The summed E-state index contributed by atoms with van der Waals surface area (Å²) in [7, 11) is 3.48. The van der Waals surface area contributed by atoms with Crippen LogP contribution in [0.25, 0.3) is 33.4 Å². The minimum atomic E-state index is -0.250.